The summed E-state index contributed by atoms with van der Waals surface area (Å²) < 4.78 is 0. The van der Waals surface area contributed by atoms with E-state index in [1.165, 1.54) is 0 Å². The molecular weight excluding hydrogens is 248 g/mol. The number of nitrogens with two attached hydrogens (primary N) is 1. The van der Waals surface area contributed by atoms with Crippen molar-refractivity contribution in [1.82, 2.24) is 4.90 Å². The summed E-state index contributed by atoms with van der Waals surface area (Å²) in [6.45, 7) is 7.65. The van der Waals surface area contributed by atoms with Crippen LogP contribution in [-0.4, -0.2) is 23.9 Å². The molecule has 0 spiro atoms. The van der Waals surface area contributed by atoms with Crippen molar-refractivity contribution in [1.29, 1.82) is 0 Å². The number of benzene rings is 1. The van der Waals surface area contributed by atoms with Crippen LogP contribution in [0.4, 0.5) is 0 Å². The van der Waals surface area contributed by atoms with Crippen molar-refractivity contribution in [2.75, 3.05) is 13.1 Å². The van der Waals surface area contributed by atoms with E-state index < -0.39 is 6.04 Å². The maximum absolute atomic E-state index is 12.2. The molecule has 18 heavy (non-hydrogen) atoms. The van der Waals surface area contributed by atoms with E-state index in [0.717, 1.165) is 12.1 Å². The Balaban J connectivity index is 0.00000289. The summed E-state index contributed by atoms with van der Waals surface area (Å²) in [5, 5.41) is 0. The third-order valence-corrected chi connectivity index (χ3v) is 2.70. The van der Waals surface area contributed by atoms with Gasteiger partial charge in [0, 0.05) is 13.1 Å². The SMILES string of the molecule is CCN(CC(C)C)C(=O)C(N)c1ccccc1.Cl. The standard InChI is InChI=1S/C14H22N2O.ClH/c1-4-16(10-11(2)3)14(17)13(15)12-8-6-5-7-9-12;/h5-9,11,13H,4,10,15H2,1-3H3;1H. The first-order valence-corrected chi connectivity index (χ1v) is 6.15. The molecule has 0 bridgehead atoms. The molecule has 1 unspecified atom stereocenters. The molecule has 0 radical (unpaired) electrons. The molecule has 1 amide bonds. The maximum Gasteiger partial charge on any atom is 0.244 e. The Morgan fingerprint density at radius 2 is 1.83 bits per heavy atom. The van der Waals surface area contributed by atoms with Crippen molar-refractivity contribution in [2.24, 2.45) is 11.7 Å². The minimum Gasteiger partial charge on any atom is -0.341 e. The third-order valence-electron chi connectivity index (χ3n) is 2.70. The van der Waals surface area contributed by atoms with Crippen LogP contribution in [0.1, 0.15) is 32.4 Å². The third kappa shape index (κ3) is 4.67. The van der Waals surface area contributed by atoms with Crippen LogP contribution in [0.15, 0.2) is 30.3 Å². The molecule has 0 saturated heterocycles. The molecule has 0 saturated carbocycles. The van der Waals surface area contributed by atoms with Gasteiger partial charge < -0.3 is 10.6 Å². The van der Waals surface area contributed by atoms with Crippen LogP contribution >= 0.6 is 12.4 Å². The van der Waals surface area contributed by atoms with Crippen molar-refractivity contribution >= 4 is 18.3 Å². The first-order valence-electron chi connectivity index (χ1n) is 6.15. The second-order valence-corrected chi connectivity index (χ2v) is 4.66. The molecule has 0 heterocycles. The lowest BCUT2D eigenvalue weighted by atomic mass is 10.1. The maximum atomic E-state index is 12.2. The van der Waals surface area contributed by atoms with Crippen LogP contribution in [0, 0.1) is 5.92 Å². The lowest BCUT2D eigenvalue weighted by Gasteiger charge is -2.26. The Hall–Kier alpha value is -1.06. The number of carbonyl (C=O) groups is 1. The summed E-state index contributed by atoms with van der Waals surface area (Å²) in [6.07, 6.45) is 0. The molecule has 4 heteroatoms. The molecule has 1 rings (SSSR count). The summed E-state index contributed by atoms with van der Waals surface area (Å²) in [5.74, 6) is 0.467. The lowest BCUT2D eigenvalue weighted by molar-refractivity contribution is -0.133. The summed E-state index contributed by atoms with van der Waals surface area (Å²) in [5.41, 5.74) is 6.87. The molecule has 1 aromatic carbocycles. The fourth-order valence-electron chi connectivity index (χ4n) is 1.82. The van der Waals surface area contributed by atoms with E-state index in [9.17, 15) is 4.79 Å². The molecule has 0 fully saturated rings. The Morgan fingerprint density at radius 3 is 2.28 bits per heavy atom. The van der Waals surface area contributed by atoms with Crippen LogP contribution in [0.3, 0.4) is 0 Å². The highest BCUT2D eigenvalue weighted by Crippen LogP contribution is 2.13. The highest BCUT2D eigenvalue weighted by molar-refractivity contribution is 5.85. The average Bonchev–Trinajstić information content (AvgIpc) is 2.35. The van der Waals surface area contributed by atoms with Gasteiger partial charge in [-0.15, -0.1) is 12.4 Å². The number of amides is 1. The van der Waals surface area contributed by atoms with Gasteiger partial charge in [0.1, 0.15) is 6.04 Å². The van der Waals surface area contributed by atoms with Gasteiger partial charge in [0.05, 0.1) is 0 Å². The Labute approximate surface area is 116 Å². The number of carbonyl (C=O) groups excluding carboxylic acids is 1. The van der Waals surface area contributed by atoms with Crippen LogP contribution in [0.25, 0.3) is 0 Å². The van der Waals surface area contributed by atoms with E-state index >= 15 is 0 Å². The van der Waals surface area contributed by atoms with E-state index in [4.69, 9.17) is 5.73 Å². The minimum atomic E-state index is -0.546. The van der Waals surface area contributed by atoms with E-state index in [-0.39, 0.29) is 18.3 Å². The summed E-state index contributed by atoms with van der Waals surface area (Å²) in [6, 6.07) is 8.97. The van der Waals surface area contributed by atoms with Crippen molar-refractivity contribution < 1.29 is 4.79 Å². The number of nitrogens with zero attached hydrogens (tertiary/aromatic N) is 1. The first-order chi connectivity index (χ1) is 8.06. The average molecular weight is 271 g/mol. The predicted molar refractivity (Wildman–Crippen MR) is 77.7 cm³/mol. The Kier molecular flexibility index (Phi) is 7.64. The number of rotatable bonds is 5. The van der Waals surface area contributed by atoms with Crippen LogP contribution in [-0.2, 0) is 4.79 Å². The van der Waals surface area contributed by atoms with E-state index in [2.05, 4.69) is 13.8 Å². The fourth-order valence-corrected chi connectivity index (χ4v) is 1.82. The van der Waals surface area contributed by atoms with Crippen molar-refractivity contribution in [2.45, 2.75) is 26.8 Å². The number of halogens is 1. The molecule has 0 aliphatic rings. The van der Waals surface area contributed by atoms with Gasteiger partial charge >= 0.3 is 0 Å². The topological polar surface area (TPSA) is 46.3 Å². The molecule has 0 aromatic heterocycles. The van der Waals surface area contributed by atoms with Gasteiger partial charge in [-0.05, 0) is 18.4 Å². The zero-order valence-electron chi connectivity index (χ0n) is 11.3. The van der Waals surface area contributed by atoms with Gasteiger partial charge in [-0.1, -0.05) is 44.2 Å². The summed E-state index contributed by atoms with van der Waals surface area (Å²) in [7, 11) is 0. The number of hydrogen-bond acceptors (Lipinski definition) is 2. The second-order valence-electron chi connectivity index (χ2n) is 4.66. The van der Waals surface area contributed by atoms with Crippen molar-refractivity contribution in [3.63, 3.8) is 0 Å². The van der Waals surface area contributed by atoms with Gasteiger partial charge in [-0.25, -0.2) is 0 Å². The Bertz CT molecular complexity index is 354. The molecule has 0 aliphatic heterocycles. The van der Waals surface area contributed by atoms with Gasteiger partial charge in [-0.2, -0.15) is 0 Å². The molecular formula is C14H23ClN2O. The molecule has 0 aliphatic carbocycles. The zero-order chi connectivity index (χ0) is 12.8. The normalized spacial score (nSPS) is 11.8. The molecule has 2 N–H and O–H groups in total. The van der Waals surface area contributed by atoms with Crippen LogP contribution in [0.2, 0.25) is 0 Å². The highest BCUT2D eigenvalue weighted by Gasteiger charge is 2.21. The minimum absolute atomic E-state index is 0. The Morgan fingerprint density at radius 1 is 1.28 bits per heavy atom. The van der Waals surface area contributed by atoms with E-state index in [1.807, 2.05) is 42.2 Å². The first kappa shape index (κ1) is 16.9. The van der Waals surface area contributed by atoms with Crippen molar-refractivity contribution in [3.05, 3.63) is 35.9 Å². The van der Waals surface area contributed by atoms with Gasteiger partial charge in [0.15, 0.2) is 0 Å². The smallest absolute Gasteiger partial charge is 0.244 e. The zero-order valence-corrected chi connectivity index (χ0v) is 12.1. The van der Waals surface area contributed by atoms with Crippen LogP contribution in [0.5, 0.6) is 0 Å². The quantitative estimate of drug-likeness (QED) is 0.894. The highest BCUT2D eigenvalue weighted by atomic mass is 35.5. The largest absolute Gasteiger partial charge is 0.341 e. The molecule has 1 aromatic rings. The van der Waals surface area contributed by atoms with Crippen LogP contribution < -0.4 is 5.73 Å². The monoisotopic (exact) mass is 270 g/mol. The van der Waals surface area contributed by atoms with E-state index in [1.54, 1.807) is 0 Å². The van der Waals surface area contributed by atoms with Crippen molar-refractivity contribution in [3.8, 4) is 0 Å². The van der Waals surface area contributed by atoms with E-state index in [0.29, 0.717) is 12.5 Å². The molecule has 1 atom stereocenters. The number of hydrogen-bond donors (Lipinski definition) is 1. The van der Waals surface area contributed by atoms with Gasteiger partial charge in [-0.3, -0.25) is 4.79 Å². The van der Waals surface area contributed by atoms with Gasteiger partial charge in [0.2, 0.25) is 5.91 Å². The fraction of sp³-hybridized carbons (Fsp3) is 0.500. The summed E-state index contributed by atoms with van der Waals surface area (Å²) >= 11 is 0. The molecule has 102 valence electrons. The molecule has 3 nitrogen and oxygen atoms in total. The lowest BCUT2D eigenvalue weighted by Crippen LogP contribution is -2.40. The second kappa shape index (κ2) is 8.11. The van der Waals surface area contributed by atoms with Gasteiger partial charge in [0.25, 0.3) is 0 Å². The number of likely N-dealkylation sites (N-methyl/N-ethyl adjacent to an activating group) is 1. The predicted octanol–water partition coefficient (Wildman–Crippen LogP) is 2.61. The summed E-state index contributed by atoms with van der Waals surface area (Å²) in [4.78, 5) is 14.0.